The Morgan fingerprint density at radius 3 is 1.97 bits per heavy atom. The van der Waals surface area contributed by atoms with Gasteiger partial charge in [0.05, 0.1) is 6.04 Å². The van der Waals surface area contributed by atoms with Crippen molar-refractivity contribution in [2.45, 2.75) is 70.1 Å². The molecule has 11 nitrogen and oxygen atoms in total. The fraction of sp³-hybridized carbons (Fsp3) is 0.560. The Labute approximate surface area is 221 Å². The molecular formula is C25H39N5O6S. The van der Waals surface area contributed by atoms with E-state index in [1.54, 1.807) is 37.3 Å². The van der Waals surface area contributed by atoms with Crippen molar-refractivity contribution in [3.63, 3.8) is 0 Å². The molecule has 1 aromatic carbocycles. The van der Waals surface area contributed by atoms with Crippen LogP contribution in [0.3, 0.4) is 0 Å². The van der Waals surface area contributed by atoms with Gasteiger partial charge in [0.2, 0.25) is 23.6 Å². The van der Waals surface area contributed by atoms with Gasteiger partial charge in [0.15, 0.2) is 0 Å². The van der Waals surface area contributed by atoms with Crippen LogP contribution >= 0.6 is 11.8 Å². The van der Waals surface area contributed by atoms with Crippen molar-refractivity contribution in [1.29, 1.82) is 0 Å². The fourth-order valence-electron chi connectivity index (χ4n) is 3.43. The molecule has 5 unspecified atom stereocenters. The third-order valence-electron chi connectivity index (χ3n) is 6.01. The van der Waals surface area contributed by atoms with E-state index in [4.69, 9.17) is 11.5 Å². The predicted molar refractivity (Wildman–Crippen MR) is 142 cm³/mol. The highest BCUT2D eigenvalue weighted by Gasteiger charge is 2.31. The summed E-state index contributed by atoms with van der Waals surface area (Å²) in [5, 5.41) is 17.3. The molecule has 206 valence electrons. The minimum absolute atomic E-state index is 0.0654. The average Bonchev–Trinajstić information content (AvgIpc) is 2.87. The highest BCUT2D eigenvalue weighted by atomic mass is 32.2. The van der Waals surface area contributed by atoms with Gasteiger partial charge in [-0.3, -0.25) is 19.2 Å². The van der Waals surface area contributed by atoms with Gasteiger partial charge < -0.3 is 32.5 Å². The van der Waals surface area contributed by atoms with Gasteiger partial charge in [0.25, 0.3) is 0 Å². The van der Waals surface area contributed by atoms with Crippen LogP contribution in [0, 0.1) is 5.92 Å². The molecule has 0 aliphatic rings. The van der Waals surface area contributed by atoms with E-state index in [1.807, 2.05) is 13.2 Å². The number of benzene rings is 1. The lowest BCUT2D eigenvalue weighted by molar-refractivity contribution is -0.142. The van der Waals surface area contributed by atoms with Crippen LogP contribution in [0.2, 0.25) is 0 Å². The maximum Gasteiger partial charge on any atom is 0.326 e. The van der Waals surface area contributed by atoms with Gasteiger partial charge in [0, 0.05) is 12.8 Å². The first kappa shape index (κ1) is 31.9. The molecule has 0 aliphatic carbocycles. The fourth-order valence-corrected chi connectivity index (χ4v) is 3.91. The van der Waals surface area contributed by atoms with Crippen molar-refractivity contribution in [3.8, 4) is 0 Å². The van der Waals surface area contributed by atoms with E-state index in [1.165, 1.54) is 11.8 Å². The number of nitrogens with two attached hydrogens (primary N) is 2. The van der Waals surface area contributed by atoms with Crippen LogP contribution in [0.15, 0.2) is 30.3 Å². The van der Waals surface area contributed by atoms with Crippen LogP contribution in [-0.4, -0.2) is 70.9 Å². The number of carboxylic acids is 1. The molecule has 0 aliphatic heterocycles. The van der Waals surface area contributed by atoms with Crippen molar-refractivity contribution in [2.24, 2.45) is 17.4 Å². The molecule has 4 amide bonds. The molecule has 0 bridgehead atoms. The second-order valence-electron chi connectivity index (χ2n) is 8.91. The van der Waals surface area contributed by atoms with Crippen molar-refractivity contribution in [3.05, 3.63) is 35.9 Å². The summed E-state index contributed by atoms with van der Waals surface area (Å²) in [6, 6.07) is 4.57. The van der Waals surface area contributed by atoms with Gasteiger partial charge in [-0.15, -0.1) is 0 Å². The maximum atomic E-state index is 13.1. The first-order valence-corrected chi connectivity index (χ1v) is 13.6. The number of carbonyl (C=O) groups is 5. The molecule has 0 fully saturated rings. The third-order valence-corrected chi connectivity index (χ3v) is 6.66. The lowest BCUT2D eigenvalue weighted by Crippen LogP contribution is -2.58. The number of hydrogen-bond acceptors (Lipinski definition) is 7. The van der Waals surface area contributed by atoms with Crippen molar-refractivity contribution in [2.75, 3.05) is 12.0 Å². The number of primary amides is 1. The Morgan fingerprint density at radius 2 is 1.46 bits per heavy atom. The van der Waals surface area contributed by atoms with Gasteiger partial charge in [0.1, 0.15) is 18.1 Å². The number of aliphatic carboxylic acids is 1. The van der Waals surface area contributed by atoms with E-state index in [2.05, 4.69) is 16.0 Å². The number of hydrogen-bond donors (Lipinski definition) is 6. The number of carbonyl (C=O) groups excluding carboxylic acids is 4. The Morgan fingerprint density at radius 1 is 0.919 bits per heavy atom. The molecule has 1 aromatic rings. The Balaban J connectivity index is 3.02. The number of rotatable bonds is 17. The minimum atomic E-state index is -1.21. The monoisotopic (exact) mass is 537 g/mol. The first-order valence-electron chi connectivity index (χ1n) is 12.2. The number of carboxylic acid groups (broad SMARTS) is 1. The van der Waals surface area contributed by atoms with Crippen LogP contribution in [0.1, 0.15) is 45.1 Å². The number of nitrogens with one attached hydrogen (secondary N) is 3. The molecule has 0 aromatic heterocycles. The van der Waals surface area contributed by atoms with Gasteiger partial charge in [-0.25, -0.2) is 4.79 Å². The van der Waals surface area contributed by atoms with Gasteiger partial charge in [-0.2, -0.15) is 11.8 Å². The van der Waals surface area contributed by atoms with Crippen LogP contribution in [-0.2, 0) is 30.4 Å². The summed E-state index contributed by atoms with van der Waals surface area (Å²) in [6.45, 7) is 3.69. The van der Waals surface area contributed by atoms with Crippen LogP contribution in [0.5, 0.6) is 0 Å². The van der Waals surface area contributed by atoms with Crippen LogP contribution in [0.4, 0.5) is 0 Å². The van der Waals surface area contributed by atoms with E-state index in [0.717, 1.165) is 5.56 Å². The zero-order valence-electron chi connectivity index (χ0n) is 21.6. The van der Waals surface area contributed by atoms with Crippen LogP contribution in [0.25, 0.3) is 0 Å². The molecule has 1 rings (SSSR count). The zero-order chi connectivity index (χ0) is 28.0. The Hall–Kier alpha value is -3.12. The number of amides is 4. The quantitative estimate of drug-likeness (QED) is 0.162. The molecule has 8 N–H and O–H groups in total. The van der Waals surface area contributed by atoms with Gasteiger partial charge >= 0.3 is 5.97 Å². The Kier molecular flexibility index (Phi) is 14.3. The maximum absolute atomic E-state index is 13.1. The van der Waals surface area contributed by atoms with E-state index in [-0.39, 0.29) is 31.6 Å². The Bertz CT molecular complexity index is 916. The molecule has 0 saturated carbocycles. The topological polar surface area (TPSA) is 194 Å². The van der Waals surface area contributed by atoms with Gasteiger partial charge in [-0.05, 0) is 36.3 Å². The molecule has 37 heavy (non-hydrogen) atoms. The standard InChI is InChI=1S/C25H39N5O6S/c1-4-15(2)21(27)24(34)29-17(10-11-20(26)31)22(32)28-18(12-13-37-3)23(33)30-19(25(35)36)14-16-8-6-5-7-9-16/h5-9,15,17-19,21H,4,10-14,27H2,1-3H3,(H2,26,31)(H,28,32)(H,29,34)(H,30,33)(H,35,36). The zero-order valence-corrected chi connectivity index (χ0v) is 22.4. The molecular weight excluding hydrogens is 498 g/mol. The summed E-state index contributed by atoms with van der Waals surface area (Å²) >= 11 is 1.45. The SMILES string of the molecule is CCC(C)C(N)C(=O)NC(CCC(N)=O)C(=O)NC(CCSC)C(=O)NC(Cc1ccccc1)C(=O)O. The summed E-state index contributed by atoms with van der Waals surface area (Å²) in [5.74, 6) is -3.41. The number of thioether (sulfide) groups is 1. The highest BCUT2D eigenvalue weighted by molar-refractivity contribution is 7.98. The summed E-state index contributed by atoms with van der Waals surface area (Å²) < 4.78 is 0. The van der Waals surface area contributed by atoms with E-state index >= 15 is 0 Å². The summed E-state index contributed by atoms with van der Waals surface area (Å²) in [6.07, 6.45) is 2.52. The van der Waals surface area contributed by atoms with Crippen molar-refractivity contribution in [1.82, 2.24) is 16.0 Å². The largest absolute Gasteiger partial charge is 0.480 e. The molecule has 12 heteroatoms. The third kappa shape index (κ3) is 11.6. The van der Waals surface area contributed by atoms with Crippen molar-refractivity contribution >= 4 is 41.4 Å². The van der Waals surface area contributed by atoms with Gasteiger partial charge in [-0.1, -0.05) is 50.6 Å². The average molecular weight is 538 g/mol. The second-order valence-corrected chi connectivity index (χ2v) is 9.89. The highest BCUT2D eigenvalue weighted by Crippen LogP contribution is 2.09. The summed E-state index contributed by atoms with van der Waals surface area (Å²) in [5.41, 5.74) is 11.9. The molecule has 0 spiro atoms. The minimum Gasteiger partial charge on any atom is -0.480 e. The van der Waals surface area contributed by atoms with E-state index < -0.39 is 53.8 Å². The lowest BCUT2D eigenvalue weighted by Gasteiger charge is -2.26. The van der Waals surface area contributed by atoms with Crippen molar-refractivity contribution < 1.29 is 29.1 Å². The summed E-state index contributed by atoms with van der Waals surface area (Å²) in [4.78, 5) is 61.9. The smallest absolute Gasteiger partial charge is 0.326 e. The van der Waals surface area contributed by atoms with Crippen LogP contribution < -0.4 is 27.4 Å². The van der Waals surface area contributed by atoms with E-state index in [9.17, 15) is 29.1 Å². The molecule has 5 atom stereocenters. The summed E-state index contributed by atoms with van der Waals surface area (Å²) in [7, 11) is 0. The lowest BCUT2D eigenvalue weighted by atomic mass is 9.98. The molecule has 0 radical (unpaired) electrons. The first-order chi connectivity index (χ1) is 17.5. The van der Waals surface area contributed by atoms with E-state index in [0.29, 0.717) is 12.2 Å². The molecule has 0 heterocycles. The second kappa shape index (κ2) is 16.6. The normalized spacial score (nSPS) is 14.9. The molecule has 0 saturated heterocycles. The predicted octanol–water partition coefficient (Wildman–Crippen LogP) is 0.160.